The summed E-state index contributed by atoms with van der Waals surface area (Å²) < 4.78 is 27.5. The lowest BCUT2D eigenvalue weighted by atomic mass is 10.1. The molecule has 0 fully saturated rings. The molecule has 0 aliphatic rings. The minimum atomic E-state index is -3.43. The van der Waals surface area contributed by atoms with E-state index < -0.39 is 10.0 Å². The number of rotatable bonds is 4. The predicted octanol–water partition coefficient (Wildman–Crippen LogP) is 2.93. The van der Waals surface area contributed by atoms with Gasteiger partial charge >= 0.3 is 0 Å². The number of benzene rings is 1. The Morgan fingerprint density at radius 3 is 1.83 bits per heavy atom. The zero-order valence-electron chi connectivity index (χ0n) is 12.0. The van der Waals surface area contributed by atoms with E-state index in [2.05, 4.69) is 4.72 Å². The average Bonchev–Trinajstić information content (AvgIpc) is 2.13. The molecule has 0 heterocycles. The van der Waals surface area contributed by atoms with Gasteiger partial charge in [0, 0.05) is 6.04 Å². The van der Waals surface area contributed by atoms with Crippen LogP contribution < -0.4 is 4.72 Å². The predicted molar refractivity (Wildman–Crippen MR) is 75.3 cm³/mol. The first kappa shape index (κ1) is 15.2. The smallest absolute Gasteiger partial charge is 0.208 e. The normalized spacial score (nSPS) is 13.9. The van der Waals surface area contributed by atoms with Gasteiger partial charge in [0.2, 0.25) is 10.0 Å². The fraction of sp³-hybridized carbons (Fsp3) is 0.571. The lowest BCUT2D eigenvalue weighted by molar-refractivity contribution is 0.476. The number of aryl methyl sites for hydroxylation is 3. The summed E-state index contributed by atoms with van der Waals surface area (Å²) in [7, 11) is -3.43. The Bertz CT molecular complexity index is 510. The van der Waals surface area contributed by atoms with Crippen molar-refractivity contribution >= 4 is 10.0 Å². The molecule has 1 N–H and O–H groups in total. The molecule has 4 heteroatoms. The molecule has 0 aromatic heterocycles. The van der Waals surface area contributed by atoms with Crippen molar-refractivity contribution in [2.24, 2.45) is 5.92 Å². The molecule has 0 aliphatic heterocycles. The molecule has 0 saturated heterocycles. The maximum Gasteiger partial charge on any atom is 0.241 e. The van der Waals surface area contributed by atoms with Crippen molar-refractivity contribution in [1.82, 2.24) is 4.72 Å². The van der Waals surface area contributed by atoms with E-state index in [0.29, 0.717) is 4.90 Å². The van der Waals surface area contributed by atoms with Crippen LogP contribution in [0.2, 0.25) is 0 Å². The van der Waals surface area contributed by atoms with Crippen LogP contribution in [0.25, 0.3) is 0 Å². The Morgan fingerprint density at radius 1 is 1.00 bits per heavy atom. The zero-order chi connectivity index (χ0) is 14.1. The molecule has 0 aliphatic carbocycles. The molecule has 3 nitrogen and oxygen atoms in total. The van der Waals surface area contributed by atoms with Crippen molar-refractivity contribution in [2.75, 3.05) is 0 Å². The van der Waals surface area contributed by atoms with E-state index in [9.17, 15) is 8.42 Å². The Labute approximate surface area is 111 Å². The Kier molecular flexibility index (Phi) is 4.56. The highest BCUT2D eigenvalue weighted by Gasteiger charge is 2.22. The first-order valence-electron chi connectivity index (χ1n) is 6.25. The summed E-state index contributed by atoms with van der Waals surface area (Å²) in [5, 5.41) is 0. The van der Waals surface area contributed by atoms with Crippen molar-refractivity contribution in [3.63, 3.8) is 0 Å². The van der Waals surface area contributed by atoms with Gasteiger partial charge in [0.05, 0.1) is 4.90 Å². The minimum absolute atomic E-state index is 0.0740. The van der Waals surface area contributed by atoms with Crippen molar-refractivity contribution < 1.29 is 8.42 Å². The van der Waals surface area contributed by atoms with Crippen molar-refractivity contribution in [1.29, 1.82) is 0 Å². The zero-order valence-corrected chi connectivity index (χ0v) is 12.9. The van der Waals surface area contributed by atoms with Gasteiger partial charge in [-0.2, -0.15) is 0 Å². The molecule has 102 valence electrons. The lowest BCUT2D eigenvalue weighted by Gasteiger charge is -2.19. The lowest BCUT2D eigenvalue weighted by Crippen LogP contribution is -2.36. The molecular formula is C14H23NO2S. The van der Waals surface area contributed by atoms with Gasteiger partial charge in [0.15, 0.2) is 0 Å². The molecule has 1 unspecified atom stereocenters. The van der Waals surface area contributed by atoms with E-state index in [1.807, 2.05) is 53.7 Å². The highest BCUT2D eigenvalue weighted by Crippen LogP contribution is 2.22. The van der Waals surface area contributed by atoms with E-state index in [0.717, 1.165) is 16.7 Å². The first-order chi connectivity index (χ1) is 8.15. The Balaban J connectivity index is 3.21. The van der Waals surface area contributed by atoms with Crippen LogP contribution in [0, 0.1) is 26.7 Å². The molecule has 0 spiro atoms. The fourth-order valence-electron chi connectivity index (χ4n) is 2.03. The molecule has 1 aromatic carbocycles. The monoisotopic (exact) mass is 269 g/mol. The highest BCUT2D eigenvalue weighted by molar-refractivity contribution is 7.89. The van der Waals surface area contributed by atoms with Crippen molar-refractivity contribution in [3.8, 4) is 0 Å². The summed E-state index contributed by atoms with van der Waals surface area (Å²) in [5.41, 5.74) is 2.69. The number of hydrogen-bond donors (Lipinski definition) is 1. The SMILES string of the molecule is Cc1cc(C)c(S(=O)(=O)NC(C)C(C)C)c(C)c1. The van der Waals surface area contributed by atoms with Crippen LogP contribution in [0.4, 0.5) is 0 Å². The molecule has 1 aromatic rings. The number of hydrogen-bond acceptors (Lipinski definition) is 2. The van der Waals surface area contributed by atoms with E-state index in [-0.39, 0.29) is 12.0 Å². The van der Waals surface area contributed by atoms with E-state index >= 15 is 0 Å². The van der Waals surface area contributed by atoms with Crippen LogP contribution in [0.15, 0.2) is 17.0 Å². The van der Waals surface area contributed by atoms with Crippen LogP contribution in [-0.2, 0) is 10.0 Å². The molecule has 0 radical (unpaired) electrons. The van der Waals surface area contributed by atoms with Crippen LogP contribution >= 0.6 is 0 Å². The summed E-state index contributed by atoms with van der Waals surface area (Å²) >= 11 is 0. The molecule has 0 amide bonds. The summed E-state index contributed by atoms with van der Waals surface area (Å²) in [5.74, 6) is 0.269. The average molecular weight is 269 g/mol. The van der Waals surface area contributed by atoms with Crippen molar-refractivity contribution in [3.05, 3.63) is 28.8 Å². The largest absolute Gasteiger partial charge is 0.241 e. The standard InChI is InChI=1S/C14H23NO2S/c1-9(2)13(6)15-18(16,17)14-11(4)7-10(3)8-12(14)5/h7-9,13,15H,1-6H3. The summed E-state index contributed by atoms with van der Waals surface area (Å²) in [6.45, 7) is 11.6. The topological polar surface area (TPSA) is 46.2 Å². The first-order valence-corrected chi connectivity index (χ1v) is 7.73. The maximum atomic E-state index is 12.4. The van der Waals surface area contributed by atoms with Gasteiger partial charge in [-0.3, -0.25) is 0 Å². The fourth-order valence-corrected chi connectivity index (χ4v) is 3.88. The van der Waals surface area contributed by atoms with E-state index in [4.69, 9.17) is 0 Å². The molecule has 18 heavy (non-hydrogen) atoms. The third-order valence-electron chi connectivity index (χ3n) is 3.21. The summed E-state index contributed by atoms with van der Waals surface area (Å²) in [6.07, 6.45) is 0. The summed E-state index contributed by atoms with van der Waals surface area (Å²) in [6, 6.07) is 3.73. The third kappa shape index (κ3) is 3.33. The Hall–Kier alpha value is -0.870. The molecule has 1 atom stereocenters. The van der Waals surface area contributed by atoms with Gasteiger partial charge in [-0.1, -0.05) is 31.5 Å². The van der Waals surface area contributed by atoms with E-state index in [1.165, 1.54) is 0 Å². The van der Waals surface area contributed by atoms with Crippen LogP contribution in [-0.4, -0.2) is 14.5 Å². The van der Waals surface area contributed by atoms with Gasteiger partial charge in [-0.25, -0.2) is 13.1 Å². The maximum absolute atomic E-state index is 12.4. The van der Waals surface area contributed by atoms with Gasteiger partial charge < -0.3 is 0 Å². The quantitative estimate of drug-likeness (QED) is 0.913. The second-order valence-electron chi connectivity index (χ2n) is 5.38. The summed E-state index contributed by atoms with van der Waals surface area (Å²) in [4.78, 5) is 0.417. The molecule has 0 saturated carbocycles. The van der Waals surface area contributed by atoms with Gasteiger partial charge in [-0.15, -0.1) is 0 Å². The van der Waals surface area contributed by atoms with Crippen LogP contribution in [0.3, 0.4) is 0 Å². The number of nitrogens with one attached hydrogen (secondary N) is 1. The van der Waals surface area contributed by atoms with E-state index in [1.54, 1.807) is 0 Å². The molecule has 1 rings (SSSR count). The second-order valence-corrected chi connectivity index (χ2v) is 7.03. The second kappa shape index (κ2) is 5.41. The van der Waals surface area contributed by atoms with Crippen LogP contribution in [0.1, 0.15) is 37.5 Å². The van der Waals surface area contributed by atoms with Gasteiger partial charge in [0.25, 0.3) is 0 Å². The van der Waals surface area contributed by atoms with Gasteiger partial charge in [0.1, 0.15) is 0 Å². The third-order valence-corrected chi connectivity index (χ3v) is 5.08. The minimum Gasteiger partial charge on any atom is -0.208 e. The highest BCUT2D eigenvalue weighted by atomic mass is 32.2. The van der Waals surface area contributed by atoms with Crippen LogP contribution in [0.5, 0.6) is 0 Å². The Morgan fingerprint density at radius 2 is 1.44 bits per heavy atom. The molecule has 0 bridgehead atoms. The van der Waals surface area contributed by atoms with Crippen molar-refractivity contribution in [2.45, 2.75) is 52.5 Å². The molecular weight excluding hydrogens is 246 g/mol. The number of sulfonamides is 1. The van der Waals surface area contributed by atoms with Gasteiger partial charge in [-0.05, 0) is 44.7 Å².